The van der Waals surface area contributed by atoms with Gasteiger partial charge >= 0.3 is 0 Å². The lowest BCUT2D eigenvalue weighted by Crippen LogP contribution is -2.39. The summed E-state index contributed by atoms with van der Waals surface area (Å²) in [7, 11) is 0. The second-order valence-electron chi connectivity index (χ2n) is 3.79. The summed E-state index contributed by atoms with van der Waals surface area (Å²) in [4.78, 5) is 2.20. The Kier molecular flexibility index (Phi) is 4.20. The van der Waals surface area contributed by atoms with Crippen LogP contribution in [0.4, 0.5) is 0 Å². The number of piperidine rings is 1. The zero-order valence-corrected chi connectivity index (χ0v) is 8.24. The number of hydrogen-bond acceptors (Lipinski definition) is 3. The van der Waals surface area contributed by atoms with E-state index in [0.717, 1.165) is 38.9 Å². The van der Waals surface area contributed by atoms with E-state index in [1.54, 1.807) is 0 Å². The van der Waals surface area contributed by atoms with Crippen LogP contribution in [-0.2, 0) is 0 Å². The molecule has 0 aromatic carbocycles. The predicted molar refractivity (Wildman–Crippen MR) is 51.1 cm³/mol. The van der Waals surface area contributed by atoms with Gasteiger partial charge in [-0.2, -0.15) is 5.26 Å². The lowest BCUT2D eigenvalue weighted by atomic mass is 9.99. The van der Waals surface area contributed by atoms with Crippen LogP contribution in [-0.4, -0.2) is 35.7 Å². The summed E-state index contributed by atoms with van der Waals surface area (Å²) in [5, 5.41) is 18.2. The second-order valence-corrected chi connectivity index (χ2v) is 3.79. The molecule has 2 atom stereocenters. The minimum atomic E-state index is -0.225. The molecule has 1 rings (SSSR count). The van der Waals surface area contributed by atoms with Crippen molar-refractivity contribution in [2.45, 2.75) is 32.3 Å². The minimum absolute atomic E-state index is 0.179. The standard InChI is InChI=1S/C10H18N2O/c1-2-10(13)8-12-5-3-4-9(6-11)7-12/h9-10,13H,2-5,7-8H2,1H3. The summed E-state index contributed by atoms with van der Waals surface area (Å²) < 4.78 is 0. The van der Waals surface area contributed by atoms with Crippen LogP contribution in [0, 0.1) is 17.2 Å². The Bertz CT molecular complexity index is 188. The van der Waals surface area contributed by atoms with Gasteiger partial charge in [0.1, 0.15) is 0 Å². The summed E-state index contributed by atoms with van der Waals surface area (Å²) in [5.41, 5.74) is 0. The molecule has 1 aliphatic heterocycles. The van der Waals surface area contributed by atoms with Crippen molar-refractivity contribution >= 4 is 0 Å². The van der Waals surface area contributed by atoms with Gasteiger partial charge in [0.05, 0.1) is 18.1 Å². The molecular formula is C10H18N2O. The molecule has 0 radical (unpaired) electrons. The molecule has 0 aromatic rings. The SMILES string of the molecule is CCC(O)CN1CCCC(C#N)C1. The first-order valence-electron chi connectivity index (χ1n) is 5.06. The molecule has 1 heterocycles. The first-order valence-corrected chi connectivity index (χ1v) is 5.06. The van der Waals surface area contributed by atoms with Crippen molar-refractivity contribution in [2.24, 2.45) is 5.92 Å². The number of nitrogens with zero attached hydrogens (tertiary/aromatic N) is 2. The third-order valence-electron chi connectivity index (χ3n) is 2.63. The Labute approximate surface area is 80.0 Å². The van der Waals surface area contributed by atoms with Crippen LogP contribution in [0.25, 0.3) is 0 Å². The average molecular weight is 182 g/mol. The molecule has 0 saturated carbocycles. The first-order chi connectivity index (χ1) is 6.26. The van der Waals surface area contributed by atoms with E-state index in [-0.39, 0.29) is 12.0 Å². The third kappa shape index (κ3) is 3.33. The fraction of sp³-hybridized carbons (Fsp3) is 0.900. The fourth-order valence-electron chi connectivity index (χ4n) is 1.75. The van der Waals surface area contributed by atoms with Gasteiger partial charge in [0, 0.05) is 13.1 Å². The van der Waals surface area contributed by atoms with Gasteiger partial charge < -0.3 is 5.11 Å². The molecule has 13 heavy (non-hydrogen) atoms. The van der Waals surface area contributed by atoms with Crippen LogP contribution >= 0.6 is 0 Å². The van der Waals surface area contributed by atoms with E-state index < -0.39 is 0 Å². The topological polar surface area (TPSA) is 47.3 Å². The van der Waals surface area contributed by atoms with Gasteiger partial charge in [-0.15, -0.1) is 0 Å². The Balaban J connectivity index is 2.30. The normalized spacial score (nSPS) is 26.7. The summed E-state index contributed by atoms with van der Waals surface area (Å²) in [5.74, 6) is 0.179. The Morgan fingerprint density at radius 1 is 1.69 bits per heavy atom. The van der Waals surface area contributed by atoms with E-state index in [1.165, 1.54) is 0 Å². The molecule has 0 amide bonds. The first kappa shape index (κ1) is 10.5. The van der Waals surface area contributed by atoms with Crippen molar-refractivity contribution in [1.29, 1.82) is 5.26 Å². The molecule has 1 aliphatic rings. The quantitative estimate of drug-likeness (QED) is 0.708. The number of rotatable bonds is 3. The predicted octanol–water partition coefficient (Wildman–Crippen LogP) is 0.993. The molecule has 1 saturated heterocycles. The summed E-state index contributed by atoms with van der Waals surface area (Å²) >= 11 is 0. The highest BCUT2D eigenvalue weighted by Gasteiger charge is 2.20. The maximum Gasteiger partial charge on any atom is 0.0669 e. The molecule has 3 heteroatoms. The number of likely N-dealkylation sites (tertiary alicyclic amines) is 1. The van der Waals surface area contributed by atoms with E-state index in [9.17, 15) is 5.11 Å². The van der Waals surface area contributed by atoms with Crippen LogP contribution in [0.1, 0.15) is 26.2 Å². The largest absolute Gasteiger partial charge is 0.392 e. The van der Waals surface area contributed by atoms with Gasteiger partial charge in [-0.3, -0.25) is 4.90 Å². The lowest BCUT2D eigenvalue weighted by Gasteiger charge is -2.30. The van der Waals surface area contributed by atoms with Gasteiger partial charge in [-0.05, 0) is 25.8 Å². The van der Waals surface area contributed by atoms with Crippen molar-refractivity contribution in [3.05, 3.63) is 0 Å². The number of aliphatic hydroxyl groups is 1. The van der Waals surface area contributed by atoms with Crippen LogP contribution < -0.4 is 0 Å². The van der Waals surface area contributed by atoms with Gasteiger partial charge in [0.2, 0.25) is 0 Å². The fourth-order valence-corrected chi connectivity index (χ4v) is 1.75. The van der Waals surface area contributed by atoms with Crippen molar-refractivity contribution in [1.82, 2.24) is 4.90 Å². The molecule has 0 aromatic heterocycles. The Morgan fingerprint density at radius 2 is 2.46 bits per heavy atom. The third-order valence-corrected chi connectivity index (χ3v) is 2.63. The van der Waals surface area contributed by atoms with Gasteiger partial charge in [-0.1, -0.05) is 6.92 Å². The molecule has 0 bridgehead atoms. The van der Waals surface area contributed by atoms with Crippen molar-refractivity contribution in [3.63, 3.8) is 0 Å². The van der Waals surface area contributed by atoms with Crippen LogP contribution in [0.15, 0.2) is 0 Å². The monoisotopic (exact) mass is 182 g/mol. The highest BCUT2D eigenvalue weighted by atomic mass is 16.3. The van der Waals surface area contributed by atoms with Crippen LogP contribution in [0.5, 0.6) is 0 Å². The van der Waals surface area contributed by atoms with Crippen LogP contribution in [0.3, 0.4) is 0 Å². The van der Waals surface area contributed by atoms with Gasteiger partial charge in [0.15, 0.2) is 0 Å². The second kappa shape index (κ2) is 5.21. The van der Waals surface area contributed by atoms with Gasteiger partial charge in [-0.25, -0.2) is 0 Å². The Hall–Kier alpha value is -0.590. The molecule has 3 nitrogen and oxygen atoms in total. The maximum atomic E-state index is 9.44. The van der Waals surface area contributed by atoms with E-state index in [2.05, 4.69) is 11.0 Å². The number of nitriles is 1. The molecule has 1 fully saturated rings. The molecule has 0 spiro atoms. The van der Waals surface area contributed by atoms with Crippen LogP contribution in [0.2, 0.25) is 0 Å². The zero-order valence-electron chi connectivity index (χ0n) is 8.24. The Morgan fingerprint density at radius 3 is 3.08 bits per heavy atom. The molecular weight excluding hydrogens is 164 g/mol. The number of hydrogen-bond donors (Lipinski definition) is 1. The van der Waals surface area contributed by atoms with E-state index in [0.29, 0.717) is 0 Å². The van der Waals surface area contributed by atoms with Crippen molar-refractivity contribution < 1.29 is 5.11 Å². The molecule has 74 valence electrons. The van der Waals surface area contributed by atoms with E-state index >= 15 is 0 Å². The maximum absolute atomic E-state index is 9.44. The number of aliphatic hydroxyl groups excluding tert-OH is 1. The highest BCUT2D eigenvalue weighted by Crippen LogP contribution is 2.15. The van der Waals surface area contributed by atoms with E-state index in [1.807, 2.05) is 6.92 Å². The van der Waals surface area contributed by atoms with Crippen molar-refractivity contribution in [2.75, 3.05) is 19.6 Å². The molecule has 0 aliphatic carbocycles. The molecule has 1 N–H and O–H groups in total. The lowest BCUT2D eigenvalue weighted by molar-refractivity contribution is 0.0901. The van der Waals surface area contributed by atoms with Gasteiger partial charge in [0.25, 0.3) is 0 Å². The summed E-state index contributed by atoms with van der Waals surface area (Å²) in [6.07, 6.45) is 2.69. The molecule has 2 unspecified atom stereocenters. The number of β-amino-alcohol motifs (C(OH)–C–C–N with tert-alkyl or cyclic N) is 1. The van der Waals surface area contributed by atoms with Crippen molar-refractivity contribution in [3.8, 4) is 6.07 Å². The smallest absolute Gasteiger partial charge is 0.0669 e. The summed E-state index contributed by atoms with van der Waals surface area (Å²) in [6, 6.07) is 2.30. The highest BCUT2D eigenvalue weighted by molar-refractivity contribution is 4.88. The summed E-state index contributed by atoms with van der Waals surface area (Å²) in [6.45, 7) is 4.59. The zero-order chi connectivity index (χ0) is 9.68. The van der Waals surface area contributed by atoms with E-state index in [4.69, 9.17) is 5.26 Å². The minimum Gasteiger partial charge on any atom is -0.392 e. The average Bonchev–Trinajstić information content (AvgIpc) is 2.18.